The van der Waals surface area contributed by atoms with Crippen LogP contribution < -0.4 is 0 Å². The third-order valence-corrected chi connectivity index (χ3v) is 1.55. The summed E-state index contributed by atoms with van der Waals surface area (Å²) >= 11 is 0. The first kappa shape index (κ1) is 13.0. The van der Waals surface area contributed by atoms with Gasteiger partial charge in [-0.25, -0.2) is 0 Å². The van der Waals surface area contributed by atoms with Gasteiger partial charge < -0.3 is 0 Å². The molecule has 0 atom stereocenters. The third-order valence-electron chi connectivity index (χ3n) is 1.55. The Morgan fingerprint density at radius 2 is 0.786 bits per heavy atom. The maximum absolute atomic E-state index is 2.17. The molecule has 0 aromatic rings. The van der Waals surface area contributed by atoms with Crippen LogP contribution in [0.1, 0.15) is 27.7 Å². The van der Waals surface area contributed by atoms with E-state index in [1.807, 2.05) is 12.2 Å². The molecule has 0 heteroatoms. The Labute approximate surface area is 88.7 Å². The molecule has 0 saturated heterocycles. The zero-order valence-corrected chi connectivity index (χ0v) is 9.77. The molecule has 0 N–H and O–H groups in total. The molecule has 0 heterocycles. The van der Waals surface area contributed by atoms with Crippen LogP contribution in [0.2, 0.25) is 0 Å². The molecular weight excluding hydrogens is 168 g/mol. The van der Waals surface area contributed by atoms with Crippen molar-refractivity contribution in [3.63, 3.8) is 0 Å². The highest BCUT2D eigenvalue weighted by atomic mass is 13.9. The lowest BCUT2D eigenvalue weighted by atomic mass is 10.2. The van der Waals surface area contributed by atoms with Gasteiger partial charge in [0.1, 0.15) is 0 Å². The zero-order chi connectivity index (χ0) is 10.8. The molecule has 78 valence electrons. The van der Waals surface area contributed by atoms with Crippen LogP contribution in [0, 0.1) is 11.8 Å². The van der Waals surface area contributed by atoms with E-state index < -0.39 is 0 Å². The van der Waals surface area contributed by atoms with Gasteiger partial charge in [-0.2, -0.15) is 0 Å². The van der Waals surface area contributed by atoms with E-state index in [0.717, 1.165) is 0 Å². The van der Waals surface area contributed by atoms with Crippen molar-refractivity contribution in [1.29, 1.82) is 0 Å². The van der Waals surface area contributed by atoms with Crippen LogP contribution in [0.25, 0.3) is 0 Å². The highest BCUT2D eigenvalue weighted by Crippen LogP contribution is 1.94. The fraction of sp³-hybridized carbons (Fsp3) is 0.429. The van der Waals surface area contributed by atoms with Crippen LogP contribution in [-0.4, -0.2) is 0 Å². The van der Waals surface area contributed by atoms with E-state index in [9.17, 15) is 0 Å². The van der Waals surface area contributed by atoms with E-state index in [1.165, 1.54) is 0 Å². The van der Waals surface area contributed by atoms with Crippen molar-refractivity contribution in [3.05, 3.63) is 48.6 Å². The lowest BCUT2D eigenvalue weighted by Crippen LogP contribution is -1.74. The fourth-order valence-electron chi connectivity index (χ4n) is 0.829. The number of hydrogen-bond acceptors (Lipinski definition) is 0. The second-order valence-corrected chi connectivity index (χ2v) is 4.03. The van der Waals surface area contributed by atoms with E-state index in [0.29, 0.717) is 11.8 Å². The summed E-state index contributed by atoms with van der Waals surface area (Å²) < 4.78 is 0. The lowest BCUT2D eigenvalue weighted by Gasteiger charge is -1.89. The van der Waals surface area contributed by atoms with Crippen LogP contribution >= 0.6 is 0 Å². The number of rotatable bonds is 5. The minimum absolute atomic E-state index is 0.629. The summed E-state index contributed by atoms with van der Waals surface area (Å²) in [6, 6.07) is 0. The predicted octanol–water partition coefficient (Wildman–Crippen LogP) is 4.52. The standard InChI is InChI=1S/C14H22/c1-13(2)11-9-7-5-6-8-10-12-14(3)4/h5-14H,1-4H3/b7-5-,8-6+,11-9+,12-10+. The molecule has 0 aliphatic rings. The van der Waals surface area contributed by atoms with E-state index >= 15 is 0 Å². The van der Waals surface area contributed by atoms with Crippen LogP contribution in [0.5, 0.6) is 0 Å². The molecule has 0 nitrogen and oxygen atoms in total. The Balaban J connectivity index is 3.71. The minimum Gasteiger partial charge on any atom is -0.0820 e. The second kappa shape index (κ2) is 8.55. The molecule has 0 saturated carbocycles. The molecule has 0 unspecified atom stereocenters. The molecule has 0 aliphatic carbocycles. The van der Waals surface area contributed by atoms with Gasteiger partial charge in [-0.1, -0.05) is 76.3 Å². The maximum Gasteiger partial charge on any atom is -0.0287 e. The van der Waals surface area contributed by atoms with Gasteiger partial charge in [0, 0.05) is 0 Å². The van der Waals surface area contributed by atoms with Gasteiger partial charge in [-0.05, 0) is 11.8 Å². The van der Waals surface area contributed by atoms with Gasteiger partial charge in [-0.3, -0.25) is 0 Å². The van der Waals surface area contributed by atoms with Gasteiger partial charge in [-0.15, -0.1) is 0 Å². The Hall–Kier alpha value is -1.04. The Morgan fingerprint density at radius 1 is 0.500 bits per heavy atom. The van der Waals surface area contributed by atoms with Gasteiger partial charge in [0.25, 0.3) is 0 Å². The quantitative estimate of drug-likeness (QED) is 0.559. The first-order valence-electron chi connectivity index (χ1n) is 5.31. The van der Waals surface area contributed by atoms with Gasteiger partial charge in [0.2, 0.25) is 0 Å². The first-order chi connectivity index (χ1) is 6.63. The van der Waals surface area contributed by atoms with Crippen molar-refractivity contribution in [1.82, 2.24) is 0 Å². The predicted molar refractivity (Wildman–Crippen MR) is 66.2 cm³/mol. The molecule has 14 heavy (non-hydrogen) atoms. The second-order valence-electron chi connectivity index (χ2n) is 4.03. The minimum atomic E-state index is 0.629. The smallest absolute Gasteiger partial charge is 0.0287 e. The van der Waals surface area contributed by atoms with Crippen LogP contribution in [-0.2, 0) is 0 Å². The molecule has 0 fully saturated rings. The van der Waals surface area contributed by atoms with Crippen molar-refractivity contribution in [2.24, 2.45) is 11.8 Å². The van der Waals surface area contributed by atoms with Gasteiger partial charge in [0.05, 0.1) is 0 Å². The average molecular weight is 190 g/mol. The van der Waals surface area contributed by atoms with Crippen molar-refractivity contribution in [3.8, 4) is 0 Å². The summed E-state index contributed by atoms with van der Waals surface area (Å²) in [5, 5.41) is 0. The molecule has 0 amide bonds. The van der Waals surface area contributed by atoms with E-state index in [1.54, 1.807) is 0 Å². The highest BCUT2D eigenvalue weighted by molar-refractivity contribution is 5.15. The largest absolute Gasteiger partial charge is 0.0820 e. The SMILES string of the molecule is CC(C)/C=C/C=C\C=C\C=C\C(C)C. The van der Waals surface area contributed by atoms with Crippen molar-refractivity contribution < 1.29 is 0 Å². The summed E-state index contributed by atoms with van der Waals surface area (Å²) in [6.45, 7) is 8.69. The van der Waals surface area contributed by atoms with Gasteiger partial charge in [0.15, 0.2) is 0 Å². The topological polar surface area (TPSA) is 0 Å². The Morgan fingerprint density at radius 3 is 1.07 bits per heavy atom. The molecule has 0 bridgehead atoms. The Kier molecular flexibility index (Phi) is 7.92. The van der Waals surface area contributed by atoms with Crippen molar-refractivity contribution in [2.75, 3.05) is 0 Å². The lowest BCUT2D eigenvalue weighted by molar-refractivity contribution is 0.831. The molecule has 0 aromatic heterocycles. The molecule has 0 radical (unpaired) electrons. The summed E-state index contributed by atoms with van der Waals surface area (Å²) in [4.78, 5) is 0. The first-order valence-corrected chi connectivity index (χ1v) is 5.31. The molecule has 0 aliphatic heterocycles. The number of allylic oxidation sites excluding steroid dienone is 8. The summed E-state index contributed by atoms with van der Waals surface area (Å²) in [5.41, 5.74) is 0. The summed E-state index contributed by atoms with van der Waals surface area (Å²) in [5.74, 6) is 1.26. The molecular formula is C14H22. The summed E-state index contributed by atoms with van der Waals surface area (Å²) in [6.07, 6.45) is 16.7. The van der Waals surface area contributed by atoms with Crippen LogP contribution in [0.4, 0.5) is 0 Å². The zero-order valence-electron chi connectivity index (χ0n) is 9.77. The molecule has 0 spiro atoms. The summed E-state index contributed by atoms with van der Waals surface area (Å²) in [7, 11) is 0. The van der Waals surface area contributed by atoms with Crippen molar-refractivity contribution in [2.45, 2.75) is 27.7 Å². The monoisotopic (exact) mass is 190 g/mol. The van der Waals surface area contributed by atoms with Gasteiger partial charge >= 0.3 is 0 Å². The number of hydrogen-bond donors (Lipinski definition) is 0. The average Bonchev–Trinajstić information content (AvgIpc) is 2.08. The third kappa shape index (κ3) is 11.0. The maximum atomic E-state index is 2.17. The normalized spacial score (nSPS) is 13.9. The van der Waals surface area contributed by atoms with Crippen LogP contribution in [0.3, 0.4) is 0 Å². The highest BCUT2D eigenvalue weighted by Gasteiger charge is 1.79. The van der Waals surface area contributed by atoms with Crippen LogP contribution in [0.15, 0.2) is 48.6 Å². The van der Waals surface area contributed by atoms with E-state index in [4.69, 9.17) is 0 Å². The fourth-order valence-corrected chi connectivity index (χ4v) is 0.829. The Bertz CT molecular complexity index is 198. The molecule has 0 rings (SSSR count). The van der Waals surface area contributed by atoms with Crippen molar-refractivity contribution >= 4 is 0 Å². The van der Waals surface area contributed by atoms with E-state index in [2.05, 4.69) is 64.2 Å². The van der Waals surface area contributed by atoms with E-state index in [-0.39, 0.29) is 0 Å². The molecule has 0 aromatic carbocycles.